The van der Waals surface area contributed by atoms with E-state index in [0.29, 0.717) is 6.54 Å². The van der Waals surface area contributed by atoms with E-state index in [2.05, 4.69) is 10.3 Å². The van der Waals surface area contributed by atoms with Crippen LogP contribution >= 0.6 is 0 Å². The number of hydrogen-bond acceptors (Lipinski definition) is 4. The minimum Gasteiger partial charge on any atom is -0.394 e. The van der Waals surface area contributed by atoms with Crippen LogP contribution < -0.4 is 5.32 Å². The summed E-state index contributed by atoms with van der Waals surface area (Å²) in [7, 11) is 0. The van der Waals surface area contributed by atoms with Crippen LogP contribution in [0.5, 0.6) is 0 Å². The number of rotatable bonds is 6. The Morgan fingerprint density at radius 3 is 2.63 bits per heavy atom. The fraction of sp³-hybridized carbons (Fsp3) is 0.357. The van der Waals surface area contributed by atoms with Gasteiger partial charge < -0.3 is 20.1 Å². The molecule has 19 heavy (non-hydrogen) atoms. The molecule has 2 rings (SSSR count). The zero-order valence-electron chi connectivity index (χ0n) is 10.9. The van der Waals surface area contributed by atoms with Gasteiger partial charge in [-0.3, -0.25) is 0 Å². The van der Waals surface area contributed by atoms with Gasteiger partial charge in [-0.2, -0.15) is 0 Å². The van der Waals surface area contributed by atoms with Crippen molar-refractivity contribution in [2.24, 2.45) is 0 Å². The average molecular weight is 261 g/mol. The number of nitrogens with zero attached hydrogens (tertiary/aromatic N) is 2. The lowest BCUT2D eigenvalue weighted by Crippen LogP contribution is -2.31. The number of aliphatic hydroxyl groups excluding tert-OH is 2. The summed E-state index contributed by atoms with van der Waals surface area (Å²) in [6.07, 6.45) is 4.68. The Kier molecular flexibility index (Phi) is 4.68. The molecule has 0 amide bonds. The molecule has 0 bridgehead atoms. The molecule has 3 N–H and O–H groups in total. The van der Waals surface area contributed by atoms with E-state index < -0.39 is 6.10 Å². The lowest BCUT2D eigenvalue weighted by molar-refractivity contribution is 0.0924. The highest BCUT2D eigenvalue weighted by atomic mass is 16.3. The summed E-state index contributed by atoms with van der Waals surface area (Å²) in [6, 6.07) is 8.25. The molecular formula is C14H19N3O2. The van der Waals surface area contributed by atoms with E-state index in [1.165, 1.54) is 0 Å². The van der Waals surface area contributed by atoms with Gasteiger partial charge in [0.05, 0.1) is 19.0 Å². The summed E-state index contributed by atoms with van der Waals surface area (Å²) in [5, 5.41) is 21.2. The zero-order valence-corrected chi connectivity index (χ0v) is 10.9. The predicted molar refractivity (Wildman–Crippen MR) is 73.1 cm³/mol. The van der Waals surface area contributed by atoms with E-state index in [0.717, 1.165) is 11.3 Å². The van der Waals surface area contributed by atoms with Crippen molar-refractivity contribution in [3.8, 4) is 5.69 Å². The number of hydrogen-bond donors (Lipinski definition) is 3. The number of imidazole rings is 1. The molecular weight excluding hydrogens is 242 g/mol. The summed E-state index contributed by atoms with van der Waals surface area (Å²) in [4.78, 5) is 4.01. The monoisotopic (exact) mass is 261 g/mol. The molecule has 1 aromatic heterocycles. The molecule has 0 radical (unpaired) electrons. The van der Waals surface area contributed by atoms with Crippen LogP contribution in [0.25, 0.3) is 5.69 Å². The van der Waals surface area contributed by atoms with E-state index in [1.54, 1.807) is 12.5 Å². The van der Waals surface area contributed by atoms with Crippen molar-refractivity contribution in [2.75, 3.05) is 13.2 Å². The summed E-state index contributed by atoms with van der Waals surface area (Å²) < 4.78 is 1.94. The molecule has 102 valence electrons. The first kappa shape index (κ1) is 13.7. The second-order valence-corrected chi connectivity index (χ2v) is 4.53. The van der Waals surface area contributed by atoms with Gasteiger partial charge in [0.15, 0.2) is 0 Å². The lowest BCUT2D eigenvalue weighted by Gasteiger charge is -2.16. The summed E-state index contributed by atoms with van der Waals surface area (Å²) in [5.41, 5.74) is 2.19. The van der Waals surface area contributed by atoms with Gasteiger partial charge >= 0.3 is 0 Å². The van der Waals surface area contributed by atoms with E-state index in [1.807, 2.05) is 42.0 Å². The van der Waals surface area contributed by atoms with Crippen LogP contribution in [0.1, 0.15) is 18.5 Å². The molecule has 0 aliphatic carbocycles. The third-order valence-corrected chi connectivity index (χ3v) is 3.07. The van der Waals surface area contributed by atoms with Crippen LogP contribution in [0.4, 0.5) is 0 Å². The van der Waals surface area contributed by atoms with E-state index >= 15 is 0 Å². The van der Waals surface area contributed by atoms with Gasteiger partial charge in [-0.25, -0.2) is 4.98 Å². The zero-order chi connectivity index (χ0) is 13.7. The van der Waals surface area contributed by atoms with Crippen LogP contribution in [0.3, 0.4) is 0 Å². The van der Waals surface area contributed by atoms with Gasteiger partial charge in [0.1, 0.15) is 0 Å². The Morgan fingerprint density at radius 1 is 1.32 bits per heavy atom. The minimum atomic E-state index is -0.715. The molecule has 5 nitrogen and oxygen atoms in total. The Bertz CT molecular complexity index is 482. The minimum absolute atomic E-state index is 0.123. The van der Waals surface area contributed by atoms with Crippen molar-refractivity contribution >= 4 is 0 Å². The molecule has 5 heteroatoms. The summed E-state index contributed by atoms with van der Waals surface area (Å²) >= 11 is 0. The maximum Gasteiger partial charge on any atom is 0.0991 e. The second kappa shape index (κ2) is 6.47. The average Bonchev–Trinajstić information content (AvgIpc) is 2.98. The van der Waals surface area contributed by atoms with Gasteiger partial charge in [0.2, 0.25) is 0 Å². The van der Waals surface area contributed by atoms with E-state index in [4.69, 9.17) is 5.11 Å². The van der Waals surface area contributed by atoms with Crippen LogP contribution in [-0.4, -0.2) is 39.0 Å². The Hall–Kier alpha value is -1.69. The highest BCUT2D eigenvalue weighted by molar-refractivity contribution is 5.35. The Morgan fingerprint density at radius 2 is 2.05 bits per heavy atom. The quantitative estimate of drug-likeness (QED) is 0.722. The molecule has 0 aliphatic heterocycles. The van der Waals surface area contributed by atoms with Crippen molar-refractivity contribution < 1.29 is 10.2 Å². The third kappa shape index (κ3) is 3.64. The molecule has 0 unspecified atom stereocenters. The second-order valence-electron chi connectivity index (χ2n) is 4.53. The van der Waals surface area contributed by atoms with E-state index in [9.17, 15) is 5.11 Å². The standard InChI is InChI=1S/C14H19N3O2/c1-11(16-8-14(19)9-18)12-2-4-13(5-3-12)17-7-6-15-10-17/h2-7,10-11,14,16,18-19H,8-9H2,1H3/t11-,14+/m0/s1. The van der Waals surface area contributed by atoms with Crippen molar-refractivity contribution in [1.29, 1.82) is 0 Å². The largest absolute Gasteiger partial charge is 0.394 e. The number of nitrogens with one attached hydrogen (secondary N) is 1. The molecule has 0 saturated heterocycles. The first-order chi connectivity index (χ1) is 9.20. The summed E-state index contributed by atoms with van der Waals surface area (Å²) in [6.45, 7) is 2.18. The van der Waals surface area contributed by atoms with Gasteiger partial charge in [-0.1, -0.05) is 12.1 Å². The maximum absolute atomic E-state index is 9.30. The van der Waals surface area contributed by atoms with Crippen LogP contribution in [0.2, 0.25) is 0 Å². The molecule has 0 spiro atoms. The van der Waals surface area contributed by atoms with Gasteiger partial charge in [0, 0.05) is 30.7 Å². The molecule has 1 aromatic carbocycles. The summed E-state index contributed by atoms with van der Waals surface area (Å²) in [5.74, 6) is 0. The maximum atomic E-state index is 9.30. The predicted octanol–water partition coefficient (Wildman–Crippen LogP) is 0.876. The van der Waals surface area contributed by atoms with Gasteiger partial charge in [-0.05, 0) is 24.6 Å². The Balaban J connectivity index is 1.98. The molecule has 2 atom stereocenters. The van der Waals surface area contributed by atoms with Gasteiger partial charge in [-0.15, -0.1) is 0 Å². The SMILES string of the molecule is C[C@H](NC[C@@H](O)CO)c1ccc(-n2ccnc2)cc1. The van der Waals surface area contributed by atoms with Crippen molar-refractivity contribution in [3.05, 3.63) is 48.5 Å². The first-order valence-electron chi connectivity index (χ1n) is 6.31. The van der Waals surface area contributed by atoms with Crippen LogP contribution in [0, 0.1) is 0 Å². The highest BCUT2D eigenvalue weighted by Crippen LogP contribution is 2.15. The van der Waals surface area contributed by atoms with Crippen LogP contribution in [-0.2, 0) is 0 Å². The van der Waals surface area contributed by atoms with Crippen molar-refractivity contribution in [2.45, 2.75) is 19.1 Å². The van der Waals surface area contributed by atoms with Crippen molar-refractivity contribution in [1.82, 2.24) is 14.9 Å². The molecule has 1 heterocycles. The molecule has 0 saturated carbocycles. The number of benzene rings is 1. The highest BCUT2D eigenvalue weighted by Gasteiger charge is 2.08. The molecule has 2 aromatic rings. The lowest BCUT2D eigenvalue weighted by atomic mass is 10.1. The fourth-order valence-corrected chi connectivity index (χ4v) is 1.84. The van der Waals surface area contributed by atoms with Crippen LogP contribution in [0.15, 0.2) is 43.0 Å². The van der Waals surface area contributed by atoms with Gasteiger partial charge in [0.25, 0.3) is 0 Å². The molecule has 0 fully saturated rings. The van der Waals surface area contributed by atoms with Crippen molar-refractivity contribution in [3.63, 3.8) is 0 Å². The Labute approximate surface area is 112 Å². The third-order valence-electron chi connectivity index (χ3n) is 3.07. The number of aromatic nitrogens is 2. The molecule has 0 aliphatic rings. The first-order valence-corrected chi connectivity index (χ1v) is 6.31. The topological polar surface area (TPSA) is 70.3 Å². The normalized spacial score (nSPS) is 14.3. The fourth-order valence-electron chi connectivity index (χ4n) is 1.84. The smallest absolute Gasteiger partial charge is 0.0991 e. The number of aliphatic hydroxyl groups is 2. The van der Waals surface area contributed by atoms with E-state index in [-0.39, 0.29) is 12.6 Å².